The molecule has 0 aliphatic carbocycles. The Hall–Kier alpha value is -0.490. The van der Waals surface area contributed by atoms with E-state index in [-0.39, 0.29) is 0 Å². The smallest absolute Gasteiger partial charge is 0.192 e. The number of Topliss-reactive ketones (excluding diaryl/α,β-unsaturated/α-hetero) is 1. The molecule has 0 radical (unpaired) electrons. The summed E-state index contributed by atoms with van der Waals surface area (Å²) in [5.41, 5.74) is 0. The van der Waals surface area contributed by atoms with Crippen LogP contribution in [0.4, 0.5) is 0 Å². The van der Waals surface area contributed by atoms with E-state index < -0.39 is 36.8 Å². The minimum atomic E-state index is -1.44. The van der Waals surface area contributed by atoms with Crippen LogP contribution in [0.2, 0.25) is 0 Å². The maximum atomic E-state index is 11.0. The molecule has 12 heavy (non-hydrogen) atoms. The average Bonchev–Trinajstić information content (AvgIpc) is 2.08. The van der Waals surface area contributed by atoms with Gasteiger partial charge in [-0.15, -0.1) is 0 Å². The second-order valence-corrected chi connectivity index (χ2v) is 2.84. The van der Waals surface area contributed by atoms with Crippen molar-refractivity contribution >= 4 is 5.78 Å². The maximum Gasteiger partial charge on any atom is 0.192 e. The van der Waals surface area contributed by atoms with Crippen molar-refractivity contribution in [2.75, 3.05) is 6.61 Å². The number of ketones is 1. The largest absolute Gasteiger partial charge is 0.394 e. The van der Waals surface area contributed by atoms with Crippen LogP contribution >= 0.6 is 0 Å². The Morgan fingerprint density at radius 2 is 2.08 bits per heavy atom. The lowest BCUT2D eigenvalue weighted by molar-refractivity contribution is -0.185. The molecule has 0 spiro atoms. The zero-order valence-corrected chi connectivity index (χ0v) is 6.67. The van der Waals surface area contributed by atoms with Gasteiger partial charge in [-0.25, -0.2) is 0 Å². The molecular formula is C7H12O5. The second kappa shape index (κ2) is 3.49. The molecule has 1 unspecified atom stereocenters. The minimum Gasteiger partial charge on any atom is -0.394 e. The third-order valence-electron chi connectivity index (χ3n) is 1.96. The first-order chi connectivity index (χ1) is 5.57. The van der Waals surface area contributed by atoms with Crippen LogP contribution in [0.3, 0.4) is 0 Å². The number of hydrogen-bond acceptors (Lipinski definition) is 5. The highest BCUT2D eigenvalue weighted by Crippen LogP contribution is 2.16. The molecule has 1 heterocycles. The molecule has 1 aliphatic rings. The minimum absolute atomic E-state index is 0.407. The molecule has 70 valence electrons. The predicted molar refractivity (Wildman–Crippen MR) is 38.4 cm³/mol. The van der Waals surface area contributed by atoms with Crippen molar-refractivity contribution in [3.63, 3.8) is 0 Å². The number of carbonyl (C=O) groups excluding carboxylic acids is 1. The van der Waals surface area contributed by atoms with Crippen molar-refractivity contribution in [2.45, 2.75) is 31.3 Å². The molecule has 1 saturated heterocycles. The van der Waals surface area contributed by atoms with E-state index in [0.29, 0.717) is 0 Å². The van der Waals surface area contributed by atoms with Crippen LogP contribution in [0.5, 0.6) is 0 Å². The molecule has 5 nitrogen and oxygen atoms in total. The van der Waals surface area contributed by atoms with Gasteiger partial charge in [0.1, 0.15) is 24.4 Å². The average molecular weight is 176 g/mol. The Balaban J connectivity index is 2.70. The summed E-state index contributed by atoms with van der Waals surface area (Å²) in [6.07, 6.45) is -4.39. The van der Waals surface area contributed by atoms with Crippen LogP contribution in [0.1, 0.15) is 6.92 Å². The summed E-state index contributed by atoms with van der Waals surface area (Å²) >= 11 is 0. The fourth-order valence-corrected chi connectivity index (χ4v) is 1.17. The molecule has 0 aromatic carbocycles. The zero-order chi connectivity index (χ0) is 9.30. The summed E-state index contributed by atoms with van der Waals surface area (Å²) in [6.45, 7) is 1.07. The molecule has 0 aromatic rings. The van der Waals surface area contributed by atoms with E-state index in [0.717, 1.165) is 0 Å². The Kier molecular flexibility index (Phi) is 2.79. The van der Waals surface area contributed by atoms with E-state index >= 15 is 0 Å². The summed E-state index contributed by atoms with van der Waals surface area (Å²) in [5.74, 6) is -0.549. The van der Waals surface area contributed by atoms with E-state index in [1.165, 1.54) is 6.92 Å². The van der Waals surface area contributed by atoms with Crippen molar-refractivity contribution in [2.24, 2.45) is 0 Å². The summed E-state index contributed by atoms with van der Waals surface area (Å²) in [5, 5.41) is 27.0. The zero-order valence-electron chi connectivity index (χ0n) is 6.67. The van der Waals surface area contributed by atoms with Crippen LogP contribution in [0.25, 0.3) is 0 Å². The predicted octanol–water partition coefficient (Wildman–Crippen LogP) is -1.94. The Morgan fingerprint density at radius 1 is 1.50 bits per heavy atom. The van der Waals surface area contributed by atoms with E-state index in [4.69, 9.17) is 20.1 Å². The number of aliphatic hydroxyl groups is 3. The Bertz CT molecular complexity index is 181. The monoisotopic (exact) mass is 176 g/mol. The number of hydrogen-bond donors (Lipinski definition) is 3. The second-order valence-electron chi connectivity index (χ2n) is 2.84. The summed E-state index contributed by atoms with van der Waals surface area (Å²) < 4.78 is 4.92. The first-order valence-electron chi connectivity index (χ1n) is 3.74. The van der Waals surface area contributed by atoms with Gasteiger partial charge in [-0.1, -0.05) is 0 Å². The standard InChI is InChI=1S/C7H12O5/c1-3-5(9)7(11)6(10)4(2-8)12-3/h3-4,6-8,10-11H,2H2,1H3/t3?,4-,6-,7-/m1/s1. The third-order valence-corrected chi connectivity index (χ3v) is 1.96. The van der Waals surface area contributed by atoms with Crippen molar-refractivity contribution in [1.82, 2.24) is 0 Å². The lowest BCUT2D eigenvalue weighted by Crippen LogP contribution is -2.55. The van der Waals surface area contributed by atoms with Gasteiger partial charge in [0.05, 0.1) is 6.61 Å². The van der Waals surface area contributed by atoms with Crippen LogP contribution in [-0.4, -0.2) is 52.1 Å². The summed E-state index contributed by atoms with van der Waals surface area (Å²) in [4.78, 5) is 11.0. The van der Waals surface area contributed by atoms with Crippen LogP contribution in [0, 0.1) is 0 Å². The normalized spacial score (nSPS) is 43.2. The van der Waals surface area contributed by atoms with E-state index in [1.54, 1.807) is 0 Å². The molecule has 1 aliphatic heterocycles. The number of aliphatic hydroxyl groups excluding tert-OH is 3. The molecule has 0 saturated carbocycles. The molecule has 5 heteroatoms. The van der Waals surface area contributed by atoms with Gasteiger partial charge in [-0.3, -0.25) is 4.79 Å². The number of rotatable bonds is 1. The quantitative estimate of drug-likeness (QED) is 0.432. The Labute approximate surface area is 69.6 Å². The molecule has 4 atom stereocenters. The Morgan fingerprint density at radius 3 is 2.58 bits per heavy atom. The lowest BCUT2D eigenvalue weighted by Gasteiger charge is -2.33. The van der Waals surface area contributed by atoms with Crippen LogP contribution in [-0.2, 0) is 9.53 Å². The fourth-order valence-electron chi connectivity index (χ4n) is 1.17. The first kappa shape index (κ1) is 9.60. The molecule has 0 aromatic heterocycles. The van der Waals surface area contributed by atoms with Crippen molar-refractivity contribution in [1.29, 1.82) is 0 Å². The van der Waals surface area contributed by atoms with Crippen LogP contribution < -0.4 is 0 Å². The summed E-state index contributed by atoms with van der Waals surface area (Å²) in [7, 11) is 0. The number of carbonyl (C=O) groups is 1. The van der Waals surface area contributed by atoms with E-state index in [2.05, 4.69) is 0 Å². The number of ether oxygens (including phenoxy) is 1. The van der Waals surface area contributed by atoms with Gasteiger partial charge in [-0.2, -0.15) is 0 Å². The van der Waals surface area contributed by atoms with Gasteiger partial charge in [0.25, 0.3) is 0 Å². The van der Waals surface area contributed by atoms with E-state index in [1.807, 2.05) is 0 Å². The highest BCUT2D eigenvalue weighted by Gasteiger charge is 2.40. The van der Waals surface area contributed by atoms with Crippen LogP contribution in [0.15, 0.2) is 0 Å². The van der Waals surface area contributed by atoms with Gasteiger partial charge in [0.15, 0.2) is 5.78 Å². The lowest BCUT2D eigenvalue weighted by atomic mass is 9.98. The van der Waals surface area contributed by atoms with Gasteiger partial charge < -0.3 is 20.1 Å². The van der Waals surface area contributed by atoms with Crippen molar-refractivity contribution in [3.8, 4) is 0 Å². The van der Waals surface area contributed by atoms with Gasteiger partial charge >= 0.3 is 0 Å². The first-order valence-corrected chi connectivity index (χ1v) is 3.74. The SMILES string of the molecule is CC1O[C@H](CO)[C@@H](O)[C@H](O)C1=O. The third kappa shape index (κ3) is 1.49. The topological polar surface area (TPSA) is 87.0 Å². The maximum absolute atomic E-state index is 11.0. The molecule has 3 N–H and O–H groups in total. The van der Waals surface area contributed by atoms with Gasteiger partial charge in [0, 0.05) is 0 Å². The fraction of sp³-hybridized carbons (Fsp3) is 0.857. The highest BCUT2D eigenvalue weighted by molar-refractivity contribution is 5.88. The summed E-state index contributed by atoms with van der Waals surface area (Å²) in [6, 6.07) is 0. The van der Waals surface area contributed by atoms with Crippen molar-refractivity contribution in [3.05, 3.63) is 0 Å². The molecule has 0 amide bonds. The highest BCUT2D eigenvalue weighted by atomic mass is 16.5. The molecule has 1 fully saturated rings. The molecule has 1 rings (SSSR count). The van der Waals surface area contributed by atoms with E-state index in [9.17, 15) is 4.79 Å². The molecular weight excluding hydrogens is 164 g/mol. The van der Waals surface area contributed by atoms with Crippen molar-refractivity contribution < 1.29 is 24.9 Å². The van der Waals surface area contributed by atoms with Gasteiger partial charge in [0.2, 0.25) is 0 Å². The molecule has 0 bridgehead atoms. The van der Waals surface area contributed by atoms with Gasteiger partial charge in [-0.05, 0) is 6.92 Å².